The van der Waals surface area contributed by atoms with Crippen LogP contribution in [0.5, 0.6) is 0 Å². The van der Waals surface area contributed by atoms with Crippen molar-refractivity contribution in [2.75, 3.05) is 52.9 Å². The molecule has 2 fully saturated rings. The largest absolute Gasteiger partial charge is 0.376 e. The number of likely N-dealkylation sites (N-methyl/N-ethyl adjacent to an activating group) is 1. The molecule has 0 unspecified atom stereocenters. The number of nitrogens with one attached hydrogen (secondary N) is 3. The molecule has 0 radical (unpaired) electrons. The number of rotatable bonds is 4. The highest BCUT2D eigenvalue weighted by atomic mass is 16.5. The molecular weight excluding hydrogens is 218 g/mol. The van der Waals surface area contributed by atoms with Gasteiger partial charge in [-0.1, -0.05) is 0 Å². The Kier molecular flexibility index (Phi) is 4.76. The van der Waals surface area contributed by atoms with Crippen LogP contribution in [0.4, 0.5) is 0 Å². The van der Waals surface area contributed by atoms with Gasteiger partial charge in [0, 0.05) is 13.2 Å². The van der Waals surface area contributed by atoms with Gasteiger partial charge in [-0.3, -0.25) is 4.79 Å². The van der Waals surface area contributed by atoms with Crippen LogP contribution in [0.15, 0.2) is 0 Å². The van der Waals surface area contributed by atoms with Gasteiger partial charge in [0.2, 0.25) is 0 Å². The summed E-state index contributed by atoms with van der Waals surface area (Å²) < 4.78 is 5.48. The monoisotopic (exact) mass is 243 g/mol. The average molecular weight is 243 g/mol. The molecule has 2 saturated heterocycles. The Balaban J connectivity index is 1.60. The van der Waals surface area contributed by atoms with Crippen LogP contribution in [0.3, 0.4) is 0 Å². The fraction of sp³-hybridized carbons (Fsp3) is 0.917. The Labute approximate surface area is 103 Å². The Morgan fingerprint density at radius 2 is 2.12 bits per heavy atom. The van der Waals surface area contributed by atoms with E-state index in [-0.39, 0.29) is 12.0 Å². The van der Waals surface area contributed by atoms with Crippen LogP contribution < -0.4 is 15.1 Å². The number of carbonyl (C=O) groups is 1. The maximum Gasteiger partial charge on any atom is 0.275 e. The van der Waals surface area contributed by atoms with Crippen LogP contribution in [0.2, 0.25) is 0 Å². The van der Waals surface area contributed by atoms with Gasteiger partial charge in [-0.05, 0) is 12.8 Å². The van der Waals surface area contributed by atoms with Crippen molar-refractivity contribution in [3.63, 3.8) is 0 Å². The standard InChI is InChI=1S/C12H23N3O2/c1-14-4-6-15(7-5-14)10-12(16)13-9-11-3-2-8-17-11/h11H,2-10H2,1H3,(H,13,16)/p+2/t11-/m0/s1. The van der Waals surface area contributed by atoms with Crippen molar-refractivity contribution in [2.45, 2.75) is 18.9 Å². The number of piperazine rings is 1. The predicted octanol–water partition coefficient (Wildman–Crippen LogP) is -3.31. The van der Waals surface area contributed by atoms with Crippen molar-refractivity contribution >= 4 is 5.91 Å². The van der Waals surface area contributed by atoms with E-state index in [2.05, 4.69) is 12.4 Å². The molecule has 0 spiro atoms. The maximum atomic E-state index is 11.8. The number of hydrogen-bond donors (Lipinski definition) is 3. The van der Waals surface area contributed by atoms with Gasteiger partial charge in [0.1, 0.15) is 26.2 Å². The second kappa shape index (κ2) is 6.33. The molecule has 17 heavy (non-hydrogen) atoms. The number of ether oxygens (including phenoxy) is 1. The lowest BCUT2D eigenvalue weighted by Crippen LogP contribution is -3.27. The van der Waals surface area contributed by atoms with Crippen LogP contribution in [0, 0.1) is 0 Å². The molecule has 0 aromatic rings. The summed E-state index contributed by atoms with van der Waals surface area (Å²) in [5, 5.41) is 2.99. The van der Waals surface area contributed by atoms with E-state index in [0.29, 0.717) is 13.1 Å². The van der Waals surface area contributed by atoms with Crippen molar-refractivity contribution in [1.29, 1.82) is 0 Å². The van der Waals surface area contributed by atoms with E-state index < -0.39 is 0 Å². The van der Waals surface area contributed by atoms with Gasteiger partial charge in [-0.25, -0.2) is 0 Å². The molecule has 5 nitrogen and oxygen atoms in total. The topological polar surface area (TPSA) is 47.2 Å². The van der Waals surface area contributed by atoms with Gasteiger partial charge < -0.3 is 19.9 Å². The Bertz CT molecular complexity index is 246. The van der Waals surface area contributed by atoms with Crippen molar-refractivity contribution < 1.29 is 19.3 Å². The predicted molar refractivity (Wildman–Crippen MR) is 64.2 cm³/mol. The van der Waals surface area contributed by atoms with E-state index >= 15 is 0 Å². The average Bonchev–Trinajstić information content (AvgIpc) is 2.83. The van der Waals surface area contributed by atoms with Crippen molar-refractivity contribution in [2.24, 2.45) is 0 Å². The summed E-state index contributed by atoms with van der Waals surface area (Å²) in [6.07, 6.45) is 2.48. The molecule has 1 amide bonds. The Morgan fingerprint density at radius 1 is 1.35 bits per heavy atom. The first-order valence-corrected chi connectivity index (χ1v) is 6.77. The molecule has 2 aliphatic heterocycles. The van der Waals surface area contributed by atoms with Crippen molar-refractivity contribution in [3.05, 3.63) is 0 Å². The number of carbonyl (C=O) groups excluding carboxylic acids is 1. The van der Waals surface area contributed by atoms with Gasteiger partial charge in [-0.2, -0.15) is 0 Å². The lowest BCUT2D eigenvalue weighted by Gasteiger charge is -2.26. The zero-order valence-electron chi connectivity index (χ0n) is 10.8. The molecule has 0 aliphatic carbocycles. The lowest BCUT2D eigenvalue weighted by molar-refractivity contribution is -1.000. The molecular formula is C12H25N3O2+2. The van der Waals surface area contributed by atoms with E-state index in [1.165, 1.54) is 18.0 Å². The molecule has 2 aliphatic rings. The Hall–Kier alpha value is -0.650. The highest BCUT2D eigenvalue weighted by Crippen LogP contribution is 2.10. The molecule has 2 heterocycles. The van der Waals surface area contributed by atoms with Gasteiger partial charge >= 0.3 is 0 Å². The van der Waals surface area contributed by atoms with Crippen molar-refractivity contribution in [1.82, 2.24) is 5.32 Å². The third-order valence-electron chi connectivity index (χ3n) is 3.77. The minimum absolute atomic E-state index is 0.176. The summed E-state index contributed by atoms with van der Waals surface area (Å²) in [4.78, 5) is 14.7. The summed E-state index contributed by atoms with van der Waals surface area (Å²) >= 11 is 0. The summed E-state index contributed by atoms with van der Waals surface area (Å²) in [6.45, 7) is 6.74. The van der Waals surface area contributed by atoms with Gasteiger partial charge in [0.25, 0.3) is 5.91 Å². The molecule has 0 bridgehead atoms. The summed E-state index contributed by atoms with van der Waals surface area (Å²) in [5.74, 6) is 0.176. The molecule has 0 aromatic carbocycles. The fourth-order valence-corrected chi connectivity index (χ4v) is 2.53. The lowest BCUT2D eigenvalue weighted by atomic mass is 10.2. The second-order valence-electron chi connectivity index (χ2n) is 5.32. The third kappa shape index (κ3) is 4.26. The highest BCUT2D eigenvalue weighted by molar-refractivity contribution is 5.76. The molecule has 2 rings (SSSR count). The number of quaternary nitrogens is 2. The Morgan fingerprint density at radius 3 is 2.76 bits per heavy atom. The first kappa shape index (κ1) is 12.8. The fourth-order valence-electron chi connectivity index (χ4n) is 2.53. The van der Waals surface area contributed by atoms with Gasteiger partial charge in [0.15, 0.2) is 6.54 Å². The zero-order chi connectivity index (χ0) is 12.1. The van der Waals surface area contributed by atoms with Crippen LogP contribution in [0.1, 0.15) is 12.8 Å². The molecule has 98 valence electrons. The summed E-state index contributed by atoms with van der Waals surface area (Å²) in [6, 6.07) is 0. The molecule has 3 N–H and O–H groups in total. The molecule has 5 heteroatoms. The first-order valence-electron chi connectivity index (χ1n) is 6.77. The van der Waals surface area contributed by atoms with E-state index in [4.69, 9.17) is 4.74 Å². The molecule has 1 atom stereocenters. The van der Waals surface area contributed by atoms with E-state index in [1.54, 1.807) is 4.90 Å². The SMILES string of the molecule is C[NH+]1CC[NH+](CC(=O)NC[C@@H]2CCCO2)CC1. The van der Waals surface area contributed by atoms with Gasteiger partial charge in [-0.15, -0.1) is 0 Å². The van der Waals surface area contributed by atoms with Crippen LogP contribution in [-0.2, 0) is 9.53 Å². The van der Waals surface area contributed by atoms with Gasteiger partial charge in [0.05, 0.1) is 13.2 Å². The third-order valence-corrected chi connectivity index (χ3v) is 3.77. The minimum atomic E-state index is 0.176. The minimum Gasteiger partial charge on any atom is -0.376 e. The van der Waals surface area contributed by atoms with E-state index in [9.17, 15) is 4.79 Å². The highest BCUT2D eigenvalue weighted by Gasteiger charge is 2.23. The van der Waals surface area contributed by atoms with Crippen molar-refractivity contribution in [3.8, 4) is 0 Å². The zero-order valence-corrected chi connectivity index (χ0v) is 10.8. The second-order valence-corrected chi connectivity index (χ2v) is 5.32. The van der Waals surface area contributed by atoms with Crippen LogP contribution >= 0.6 is 0 Å². The molecule has 0 saturated carbocycles. The van der Waals surface area contributed by atoms with E-state index in [0.717, 1.165) is 32.5 Å². The van der Waals surface area contributed by atoms with E-state index in [1.807, 2.05) is 0 Å². The summed E-state index contributed by atoms with van der Waals surface area (Å²) in [7, 11) is 2.22. The van der Waals surface area contributed by atoms with Crippen LogP contribution in [0.25, 0.3) is 0 Å². The molecule has 0 aromatic heterocycles. The number of amides is 1. The van der Waals surface area contributed by atoms with Crippen LogP contribution in [-0.4, -0.2) is 64.9 Å². The smallest absolute Gasteiger partial charge is 0.275 e. The number of hydrogen-bond acceptors (Lipinski definition) is 2. The first-order chi connectivity index (χ1) is 8.24. The normalized spacial score (nSPS) is 33.6. The quantitative estimate of drug-likeness (QED) is 0.484. The summed E-state index contributed by atoms with van der Waals surface area (Å²) in [5.41, 5.74) is 0. The maximum absolute atomic E-state index is 11.8.